The Kier molecular flexibility index (Phi) is 7.06. The molecule has 0 unspecified atom stereocenters. The normalized spacial score (nSPS) is 16.0. The largest absolute Gasteiger partial charge is 0.497 e. The van der Waals surface area contributed by atoms with Crippen molar-refractivity contribution in [1.82, 2.24) is 15.4 Å². The van der Waals surface area contributed by atoms with Crippen molar-refractivity contribution in [1.29, 1.82) is 0 Å². The van der Waals surface area contributed by atoms with E-state index >= 15 is 0 Å². The second kappa shape index (κ2) is 9.71. The van der Waals surface area contributed by atoms with E-state index in [1.165, 1.54) is 0 Å². The van der Waals surface area contributed by atoms with E-state index in [2.05, 4.69) is 27.5 Å². The predicted octanol–water partition coefficient (Wildman–Crippen LogP) is 2.42. The Hall–Kier alpha value is -2.38. The van der Waals surface area contributed by atoms with Crippen LogP contribution in [-0.4, -0.2) is 55.9 Å². The van der Waals surface area contributed by atoms with Crippen LogP contribution >= 0.6 is 0 Å². The maximum atomic E-state index is 12.5. The molecule has 7 nitrogen and oxygen atoms in total. The average molecular weight is 387 g/mol. The van der Waals surface area contributed by atoms with Crippen molar-refractivity contribution in [3.05, 3.63) is 46.8 Å². The van der Waals surface area contributed by atoms with Crippen LogP contribution in [0.15, 0.2) is 28.8 Å². The Bertz CT molecular complexity index is 747. The molecule has 1 saturated heterocycles. The van der Waals surface area contributed by atoms with Crippen LogP contribution < -0.4 is 10.1 Å². The summed E-state index contributed by atoms with van der Waals surface area (Å²) < 4.78 is 15.9. The quantitative estimate of drug-likeness (QED) is 0.750. The van der Waals surface area contributed by atoms with E-state index in [0.29, 0.717) is 32.6 Å². The van der Waals surface area contributed by atoms with E-state index in [1.54, 1.807) is 7.11 Å². The predicted molar refractivity (Wildman–Crippen MR) is 105 cm³/mol. The zero-order valence-electron chi connectivity index (χ0n) is 16.9. The molecule has 1 N–H and O–H groups in total. The first kappa shape index (κ1) is 20.4. The van der Waals surface area contributed by atoms with E-state index in [9.17, 15) is 4.79 Å². The van der Waals surface area contributed by atoms with E-state index < -0.39 is 0 Å². The first-order valence-electron chi connectivity index (χ1n) is 9.72. The molecule has 28 heavy (non-hydrogen) atoms. The molecule has 1 atom stereocenters. The van der Waals surface area contributed by atoms with Gasteiger partial charge in [-0.3, -0.25) is 9.69 Å². The average Bonchev–Trinajstić information content (AvgIpc) is 3.05. The lowest BCUT2D eigenvalue weighted by Crippen LogP contribution is -2.43. The van der Waals surface area contributed by atoms with Gasteiger partial charge in [-0.15, -0.1) is 0 Å². The van der Waals surface area contributed by atoms with Gasteiger partial charge in [0.15, 0.2) is 0 Å². The van der Waals surface area contributed by atoms with Gasteiger partial charge in [0.25, 0.3) is 0 Å². The van der Waals surface area contributed by atoms with Gasteiger partial charge >= 0.3 is 0 Å². The molecule has 1 fully saturated rings. The minimum absolute atomic E-state index is 0.0340. The summed E-state index contributed by atoms with van der Waals surface area (Å²) >= 11 is 0. The van der Waals surface area contributed by atoms with Crippen molar-refractivity contribution in [2.45, 2.75) is 32.7 Å². The van der Waals surface area contributed by atoms with Gasteiger partial charge in [-0.05, 0) is 38.0 Å². The molecule has 152 valence electrons. The van der Waals surface area contributed by atoms with Crippen LogP contribution in [0.4, 0.5) is 0 Å². The first-order chi connectivity index (χ1) is 13.6. The van der Waals surface area contributed by atoms with Crippen LogP contribution in [0.5, 0.6) is 5.75 Å². The van der Waals surface area contributed by atoms with Crippen molar-refractivity contribution in [2.24, 2.45) is 0 Å². The third-order valence-corrected chi connectivity index (χ3v) is 5.26. The molecule has 0 aliphatic carbocycles. The van der Waals surface area contributed by atoms with Gasteiger partial charge in [0.1, 0.15) is 11.5 Å². The number of aryl methyl sites for hydroxylation is 2. The highest BCUT2D eigenvalue weighted by Gasteiger charge is 2.23. The van der Waals surface area contributed by atoms with Crippen LogP contribution in [0, 0.1) is 13.8 Å². The van der Waals surface area contributed by atoms with E-state index in [0.717, 1.165) is 41.4 Å². The summed E-state index contributed by atoms with van der Waals surface area (Å²) in [5.74, 6) is 1.65. The van der Waals surface area contributed by atoms with Crippen molar-refractivity contribution < 1.29 is 18.8 Å². The molecule has 0 spiro atoms. The summed E-state index contributed by atoms with van der Waals surface area (Å²) in [7, 11) is 1.66. The molecule has 0 saturated carbocycles. The number of carbonyl (C=O) groups is 1. The molecule has 0 radical (unpaired) electrons. The molecule has 1 amide bonds. The Morgan fingerprint density at radius 1 is 1.25 bits per heavy atom. The lowest BCUT2D eigenvalue weighted by Gasteiger charge is -2.35. The fraction of sp³-hybridized carbons (Fsp3) is 0.524. The van der Waals surface area contributed by atoms with Crippen LogP contribution in [-0.2, 0) is 16.0 Å². The highest BCUT2D eigenvalue weighted by Crippen LogP contribution is 2.24. The van der Waals surface area contributed by atoms with E-state index in [-0.39, 0.29) is 11.9 Å². The molecular formula is C21H29N3O4. The second-order valence-electron chi connectivity index (χ2n) is 7.04. The molecule has 7 heteroatoms. The van der Waals surface area contributed by atoms with Gasteiger partial charge in [0.2, 0.25) is 5.91 Å². The van der Waals surface area contributed by atoms with Gasteiger partial charge in [0.05, 0.1) is 32.1 Å². The van der Waals surface area contributed by atoms with Crippen molar-refractivity contribution in [3.63, 3.8) is 0 Å². The topological polar surface area (TPSA) is 76.8 Å². The molecule has 3 rings (SSSR count). The van der Waals surface area contributed by atoms with Crippen LogP contribution in [0.1, 0.15) is 35.0 Å². The molecule has 2 heterocycles. The van der Waals surface area contributed by atoms with Crippen LogP contribution in [0.25, 0.3) is 0 Å². The van der Waals surface area contributed by atoms with Gasteiger partial charge in [0, 0.05) is 31.6 Å². The summed E-state index contributed by atoms with van der Waals surface area (Å²) in [6.45, 7) is 7.48. The Morgan fingerprint density at radius 3 is 2.57 bits per heavy atom. The van der Waals surface area contributed by atoms with Gasteiger partial charge in [-0.1, -0.05) is 17.3 Å². The Morgan fingerprint density at radius 2 is 1.96 bits per heavy atom. The molecule has 0 bridgehead atoms. The number of ether oxygens (including phenoxy) is 2. The number of hydrogen-bond acceptors (Lipinski definition) is 6. The monoisotopic (exact) mass is 387 g/mol. The number of rotatable bonds is 8. The number of amides is 1. The number of benzene rings is 1. The fourth-order valence-electron chi connectivity index (χ4n) is 3.57. The molecule has 1 aliphatic rings. The number of hydrogen-bond donors (Lipinski definition) is 1. The zero-order chi connectivity index (χ0) is 19.9. The number of methoxy groups -OCH3 is 1. The number of morpholine rings is 1. The van der Waals surface area contributed by atoms with Crippen molar-refractivity contribution >= 4 is 5.91 Å². The zero-order valence-corrected chi connectivity index (χ0v) is 16.9. The lowest BCUT2D eigenvalue weighted by atomic mass is 10.0. The highest BCUT2D eigenvalue weighted by atomic mass is 16.5. The summed E-state index contributed by atoms with van der Waals surface area (Å²) in [5.41, 5.74) is 3.04. The van der Waals surface area contributed by atoms with E-state index in [1.807, 2.05) is 26.0 Å². The number of carbonyl (C=O) groups excluding carboxylic acids is 1. The summed E-state index contributed by atoms with van der Waals surface area (Å²) in [4.78, 5) is 14.8. The highest BCUT2D eigenvalue weighted by molar-refractivity contribution is 5.76. The Labute approximate surface area is 166 Å². The maximum absolute atomic E-state index is 12.5. The van der Waals surface area contributed by atoms with Gasteiger partial charge < -0.3 is 19.3 Å². The number of nitrogens with zero attached hydrogens (tertiary/aromatic N) is 2. The smallest absolute Gasteiger partial charge is 0.220 e. The number of aromatic nitrogens is 1. The summed E-state index contributed by atoms with van der Waals surface area (Å²) in [6.07, 6.45) is 1.05. The third kappa shape index (κ3) is 5.11. The van der Waals surface area contributed by atoms with Crippen LogP contribution in [0.2, 0.25) is 0 Å². The van der Waals surface area contributed by atoms with Gasteiger partial charge in [-0.25, -0.2) is 0 Å². The molecule has 1 aliphatic heterocycles. The molecule has 1 aromatic carbocycles. The molecule has 2 aromatic rings. The third-order valence-electron chi connectivity index (χ3n) is 5.26. The maximum Gasteiger partial charge on any atom is 0.220 e. The summed E-state index contributed by atoms with van der Waals surface area (Å²) in [6, 6.07) is 8.16. The van der Waals surface area contributed by atoms with E-state index in [4.69, 9.17) is 14.0 Å². The molecule has 1 aromatic heterocycles. The standard InChI is InChI=1S/C21H29N3O4/c1-15-19(16(2)28-23-15)8-9-21(25)22-14-20(24-10-12-27-13-11-24)17-4-6-18(26-3)7-5-17/h4-7,20H,8-14H2,1-3H3,(H,22,25)/t20-/m1/s1. The van der Waals surface area contributed by atoms with Crippen molar-refractivity contribution in [2.75, 3.05) is 40.0 Å². The number of nitrogens with one attached hydrogen (secondary N) is 1. The fourth-order valence-corrected chi connectivity index (χ4v) is 3.57. The molecular weight excluding hydrogens is 358 g/mol. The minimum Gasteiger partial charge on any atom is -0.497 e. The van der Waals surface area contributed by atoms with Crippen molar-refractivity contribution in [3.8, 4) is 5.75 Å². The second-order valence-corrected chi connectivity index (χ2v) is 7.04. The minimum atomic E-state index is 0.0340. The van der Waals surface area contributed by atoms with Crippen LogP contribution in [0.3, 0.4) is 0 Å². The summed E-state index contributed by atoms with van der Waals surface area (Å²) in [5, 5.41) is 7.05. The first-order valence-corrected chi connectivity index (χ1v) is 9.72. The Balaban J connectivity index is 1.61. The SMILES string of the molecule is COc1ccc([C@@H](CNC(=O)CCc2c(C)noc2C)N2CCOCC2)cc1. The van der Waals surface area contributed by atoms with Gasteiger partial charge in [-0.2, -0.15) is 0 Å². The lowest BCUT2D eigenvalue weighted by molar-refractivity contribution is -0.121.